The molecule has 0 aromatic heterocycles. The molecule has 2 rings (SSSR count). The van der Waals surface area contributed by atoms with E-state index in [-0.39, 0.29) is 30.5 Å². The first-order chi connectivity index (χ1) is 11.8. The van der Waals surface area contributed by atoms with Gasteiger partial charge in [0, 0.05) is 13.1 Å². The Labute approximate surface area is 147 Å². The lowest BCUT2D eigenvalue weighted by Gasteiger charge is -2.22. The topological polar surface area (TPSA) is 105 Å². The van der Waals surface area contributed by atoms with Gasteiger partial charge in [0.2, 0.25) is 10.0 Å². The third-order valence-electron chi connectivity index (χ3n) is 3.61. The minimum atomic E-state index is -3.72. The molecule has 0 bridgehead atoms. The molecule has 0 aliphatic carbocycles. The molecule has 0 spiro atoms. The molecule has 1 fully saturated rings. The fourth-order valence-corrected chi connectivity index (χ4v) is 3.84. The van der Waals surface area contributed by atoms with Crippen LogP contribution in [0.2, 0.25) is 0 Å². The van der Waals surface area contributed by atoms with Crippen molar-refractivity contribution in [2.45, 2.75) is 25.0 Å². The van der Waals surface area contributed by atoms with Gasteiger partial charge >= 0.3 is 11.8 Å². The van der Waals surface area contributed by atoms with Crippen molar-refractivity contribution in [1.29, 1.82) is 0 Å². The predicted octanol–water partition coefficient (Wildman–Crippen LogP) is -0.0780. The molecular formula is C16H23N3O5S. The minimum absolute atomic E-state index is 0.0972. The second kappa shape index (κ2) is 8.41. The average molecular weight is 369 g/mol. The first-order valence-corrected chi connectivity index (χ1v) is 9.51. The molecule has 1 aliphatic heterocycles. The quantitative estimate of drug-likeness (QED) is 0.683. The Kier molecular flexibility index (Phi) is 6.51. The van der Waals surface area contributed by atoms with Crippen LogP contribution in [0.25, 0.3) is 0 Å². The monoisotopic (exact) mass is 369 g/mol. The number of hydrogen-bond donors (Lipinski definition) is 2. The number of ether oxygens (including phenoxy) is 1. The Morgan fingerprint density at radius 2 is 1.84 bits per heavy atom. The van der Waals surface area contributed by atoms with Crippen LogP contribution in [0.3, 0.4) is 0 Å². The Morgan fingerprint density at radius 1 is 1.20 bits per heavy atom. The van der Waals surface area contributed by atoms with E-state index < -0.39 is 28.1 Å². The molecule has 8 nitrogen and oxygen atoms in total. The maximum Gasteiger partial charge on any atom is 0.309 e. The summed E-state index contributed by atoms with van der Waals surface area (Å²) in [4.78, 5) is 23.6. The van der Waals surface area contributed by atoms with Crippen molar-refractivity contribution in [3.63, 3.8) is 0 Å². The van der Waals surface area contributed by atoms with Crippen molar-refractivity contribution in [2.24, 2.45) is 5.92 Å². The number of nitrogens with one attached hydrogen (secondary N) is 2. The molecule has 9 heteroatoms. The Morgan fingerprint density at radius 3 is 2.48 bits per heavy atom. The van der Waals surface area contributed by atoms with E-state index in [0.29, 0.717) is 6.54 Å². The molecule has 1 saturated heterocycles. The number of benzene rings is 1. The normalized spacial score (nSPS) is 18.3. The summed E-state index contributed by atoms with van der Waals surface area (Å²) in [6, 6.07) is 8.01. The van der Waals surface area contributed by atoms with Crippen molar-refractivity contribution >= 4 is 21.8 Å². The van der Waals surface area contributed by atoms with Gasteiger partial charge in [-0.2, -0.15) is 4.31 Å². The Balaban J connectivity index is 1.96. The van der Waals surface area contributed by atoms with Crippen LogP contribution >= 0.6 is 0 Å². The Bertz CT molecular complexity index is 706. The third-order valence-corrected chi connectivity index (χ3v) is 5.51. The van der Waals surface area contributed by atoms with E-state index in [1.807, 2.05) is 13.8 Å². The summed E-state index contributed by atoms with van der Waals surface area (Å²) in [5.74, 6) is -1.33. The van der Waals surface area contributed by atoms with Crippen molar-refractivity contribution in [1.82, 2.24) is 14.9 Å². The number of rotatable bonds is 6. The summed E-state index contributed by atoms with van der Waals surface area (Å²) >= 11 is 0. The highest BCUT2D eigenvalue weighted by atomic mass is 32.2. The van der Waals surface area contributed by atoms with Gasteiger partial charge in [-0.15, -0.1) is 0 Å². The van der Waals surface area contributed by atoms with E-state index in [0.717, 1.165) is 0 Å². The maximum atomic E-state index is 12.7. The molecule has 138 valence electrons. The number of nitrogens with zero attached hydrogens (tertiary/aromatic N) is 1. The maximum absolute atomic E-state index is 12.7. The molecule has 0 saturated carbocycles. The Hall–Kier alpha value is -1.97. The largest absolute Gasteiger partial charge is 0.359 e. The van der Waals surface area contributed by atoms with E-state index in [4.69, 9.17) is 4.74 Å². The highest BCUT2D eigenvalue weighted by Gasteiger charge is 2.36. The van der Waals surface area contributed by atoms with Gasteiger partial charge in [0.05, 0.1) is 18.0 Å². The molecule has 1 unspecified atom stereocenters. The first-order valence-electron chi connectivity index (χ1n) is 8.07. The molecule has 0 radical (unpaired) electrons. The van der Waals surface area contributed by atoms with Crippen LogP contribution in [0.4, 0.5) is 0 Å². The molecule has 1 aliphatic rings. The van der Waals surface area contributed by atoms with Crippen molar-refractivity contribution in [3.05, 3.63) is 30.3 Å². The van der Waals surface area contributed by atoms with Gasteiger partial charge in [-0.1, -0.05) is 32.0 Å². The van der Waals surface area contributed by atoms with Gasteiger partial charge in [-0.3, -0.25) is 9.59 Å². The zero-order valence-corrected chi connectivity index (χ0v) is 15.1. The summed E-state index contributed by atoms with van der Waals surface area (Å²) in [5.41, 5.74) is 0. The highest BCUT2D eigenvalue weighted by molar-refractivity contribution is 7.89. The van der Waals surface area contributed by atoms with Crippen molar-refractivity contribution in [2.75, 3.05) is 26.2 Å². The molecule has 2 amide bonds. The average Bonchev–Trinajstić information content (AvgIpc) is 3.07. The van der Waals surface area contributed by atoms with Crippen LogP contribution in [-0.4, -0.2) is 57.0 Å². The van der Waals surface area contributed by atoms with E-state index >= 15 is 0 Å². The van der Waals surface area contributed by atoms with Crippen LogP contribution in [0.5, 0.6) is 0 Å². The van der Waals surface area contributed by atoms with Crippen LogP contribution in [0.1, 0.15) is 13.8 Å². The molecular weight excluding hydrogens is 346 g/mol. The van der Waals surface area contributed by atoms with E-state index in [1.165, 1.54) is 16.4 Å². The van der Waals surface area contributed by atoms with Crippen LogP contribution in [-0.2, 0) is 24.3 Å². The number of carbonyl (C=O) groups is 2. The lowest BCUT2D eigenvalue weighted by molar-refractivity contribution is -0.139. The molecule has 1 heterocycles. The van der Waals surface area contributed by atoms with Gasteiger partial charge in [0.1, 0.15) is 6.23 Å². The lowest BCUT2D eigenvalue weighted by atomic mass is 10.2. The van der Waals surface area contributed by atoms with Gasteiger partial charge < -0.3 is 15.4 Å². The van der Waals surface area contributed by atoms with Crippen molar-refractivity contribution < 1.29 is 22.7 Å². The van der Waals surface area contributed by atoms with Gasteiger partial charge in [0.15, 0.2) is 0 Å². The number of carbonyl (C=O) groups excluding carboxylic acids is 2. The van der Waals surface area contributed by atoms with E-state index in [9.17, 15) is 18.0 Å². The van der Waals surface area contributed by atoms with Gasteiger partial charge in [0.25, 0.3) is 0 Å². The summed E-state index contributed by atoms with van der Waals surface area (Å²) in [6.45, 7) is 4.54. The second-order valence-corrected chi connectivity index (χ2v) is 7.96. The predicted molar refractivity (Wildman–Crippen MR) is 90.9 cm³/mol. The first kappa shape index (κ1) is 19.4. The zero-order chi connectivity index (χ0) is 18.4. The summed E-state index contributed by atoms with van der Waals surface area (Å²) in [6.07, 6.45) is -0.841. The number of hydrogen-bond acceptors (Lipinski definition) is 5. The number of sulfonamides is 1. The SMILES string of the molecule is CC(C)CNC(=O)C(=O)NCC1OCCN1S(=O)(=O)c1ccccc1. The van der Waals surface area contributed by atoms with Crippen LogP contribution in [0.15, 0.2) is 35.2 Å². The fourth-order valence-electron chi connectivity index (χ4n) is 2.31. The van der Waals surface area contributed by atoms with Crippen molar-refractivity contribution in [3.8, 4) is 0 Å². The summed E-state index contributed by atoms with van der Waals surface area (Å²) < 4.78 is 31.9. The molecule has 1 aromatic rings. The highest BCUT2D eigenvalue weighted by Crippen LogP contribution is 2.21. The van der Waals surface area contributed by atoms with Gasteiger partial charge in [-0.05, 0) is 18.1 Å². The van der Waals surface area contributed by atoms with Gasteiger partial charge in [-0.25, -0.2) is 8.42 Å². The zero-order valence-electron chi connectivity index (χ0n) is 14.3. The summed E-state index contributed by atoms with van der Waals surface area (Å²) in [5, 5.41) is 4.92. The molecule has 1 atom stereocenters. The summed E-state index contributed by atoms with van der Waals surface area (Å²) in [7, 11) is -3.72. The van der Waals surface area contributed by atoms with Crippen LogP contribution < -0.4 is 10.6 Å². The standard InChI is InChI=1S/C16H23N3O5S/c1-12(2)10-17-15(20)16(21)18-11-14-19(8-9-24-14)25(22,23)13-6-4-3-5-7-13/h3-7,12,14H,8-11H2,1-2H3,(H,17,20)(H,18,21). The number of amides is 2. The third kappa shape index (κ3) is 5.00. The fraction of sp³-hybridized carbons (Fsp3) is 0.500. The van der Waals surface area contributed by atoms with E-state index in [2.05, 4.69) is 10.6 Å². The lowest BCUT2D eigenvalue weighted by Crippen LogP contribution is -2.47. The molecule has 25 heavy (non-hydrogen) atoms. The van der Waals surface area contributed by atoms with Crippen LogP contribution in [0, 0.1) is 5.92 Å². The molecule has 1 aromatic carbocycles. The smallest absolute Gasteiger partial charge is 0.309 e. The minimum Gasteiger partial charge on any atom is -0.359 e. The molecule has 2 N–H and O–H groups in total. The van der Waals surface area contributed by atoms with E-state index in [1.54, 1.807) is 18.2 Å². The second-order valence-electron chi connectivity index (χ2n) is 6.07.